The van der Waals surface area contributed by atoms with Gasteiger partial charge in [-0.15, -0.1) is 0 Å². The first-order valence-corrected chi connectivity index (χ1v) is 7.74. The van der Waals surface area contributed by atoms with Crippen LogP contribution >= 0.6 is 0 Å². The van der Waals surface area contributed by atoms with Gasteiger partial charge in [0.1, 0.15) is 0 Å². The fourth-order valence-corrected chi connectivity index (χ4v) is 3.03. The molecule has 1 aliphatic heterocycles. The van der Waals surface area contributed by atoms with Crippen LogP contribution in [0.3, 0.4) is 0 Å². The van der Waals surface area contributed by atoms with Crippen LogP contribution in [0.2, 0.25) is 0 Å². The van der Waals surface area contributed by atoms with Crippen LogP contribution in [-0.4, -0.2) is 4.57 Å². The van der Waals surface area contributed by atoms with Crippen molar-refractivity contribution in [3.05, 3.63) is 29.6 Å². The lowest BCUT2D eigenvalue weighted by Crippen LogP contribution is -2.00. The Morgan fingerprint density at radius 1 is 1.06 bits per heavy atom. The number of aromatic nitrogens is 1. The Morgan fingerprint density at radius 3 is 2.61 bits per heavy atom. The minimum atomic E-state index is 0.711. The van der Waals surface area contributed by atoms with Crippen molar-refractivity contribution in [2.45, 2.75) is 71.1 Å². The Kier molecular flexibility index (Phi) is 5.10. The molecule has 1 aromatic rings. The van der Waals surface area contributed by atoms with E-state index in [1.54, 1.807) is 5.57 Å². The molecule has 0 fully saturated rings. The Morgan fingerprint density at radius 2 is 1.83 bits per heavy atom. The summed E-state index contributed by atoms with van der Waals surface area (Å²) in [6.07, 6.45) is 15.4. The second-order valence-corrected chi connectivity index (χ2v) is 5.55. The van der Waals surface area contributed by atoms with E-state index >= 15 is 0 Å². The molecular formula is C17H27N. The molecule has 2 heterocycles. The average molecular weight is 245 g/mol. The van der Waals surface area contributed by atoms with Gasteiger partial charge in [-0.1, -0.05) is 46.0 Å². The largest absolute Gasteiger partial charge is 0.327 e. The summed E-state index contributed by atoms with van der Waals surface area (Å²) in [5.41, 5.74) is 3.20. The van der Waals surface area contributed by atoms with Crippen molar-refractivity contribution >= 4 is 6.20 Å². The van der Waals surface area contributed by atoms with Gasteiger partial charge in [-0.3, -0.25) is 0 Å². The zero-order valence-electron chi connectivity index (χ0n) is 12.0. The molecule has 1 aromatic heterocycles. The first-order chi connectivity index (χ1) is 8.86. The van der Waals surface area contributed by atoms with Gasteiger partial charge in [0, 0.05) is 24.0 Å². The zero-order chi connectivity index (χ0) is 12.8. The third kappa shape index (κ3) is 3.07. The molecule has 100 valence electrons. The van der Waals surface area contributed by atoms with Crippen LogP contribution in [0.15, 0.2) is 23.9 Å². The summed E-state index contributed by atoms with van der Waals surface area (Å²) in [6.45, 7) is 4.57. The van der Waals surface area contributed by atoms with E-state index in [0.29, 0.717) is 5.92 Å². The van der Waals surface area contributed by atoms with Crippen molar-refractivity contribution in [2.75, 3.05) is 0 Å². The van der Waals surface area contributed by atoms with E-state index < -0.39 is 0 Å². The summed E-state index contributed by atoms with van der Waals surface area (Å²) in [6, 6.07) is 4.49. The molecule has 0 spiro atoms. The number of allylic oxidation sites excluding steroid dienone is 1. The first-order valence-electron chi connectivity index (χ1n) is 7.74. The zero-order valence-corrected chi connectivity index (χ0v) is 12.0. The highest BCUT2D eigenvalue weighted by molar-refractivity contribution is 5.48. The molecule has 0 radical (unpaired) electrons. The van der Waals surface area contributed by atoms with E-state index in [9.17, 15) is 0 Å². The van der Waals surface area contributed by atoms with E-state index in [-0.39, 0.29) is 0 Å². The highest BCUT2D eigenvalue weighted by atomic mass is 15.0. The Labute approximate surface area is 112 Å². The maximum absolute atomic E-state index is 2.39. The summed E-state index contributed by atoms with van der Waals surface area (Å²) >= 11 is 0. The van der Waals surface area contributed by atoms with E-state index in [0.717, 1.165) is 0 Å². The van der Waals surface area contributed by atoms with E-state index in [4.69, 9.17) is 0 Å². The third-order valence-corrected chi connectivity index (χ3v) is 4.09. The van der Waals surface area contributed by atoms with Gasteiger partial charge in [-0.2, -0.15) is 0 Å². The SMILES string of the molecule is CCCCCC1=Cn2cccc2C1CCCCC. The van der Waals surface area contributed by atoms with Gasteiger partial charge in [0.25, 0.3) is 0 Å². The molecule has 2 rings (SSSR count). The van der Waals surface area contributed by atoms with E-state index in [2.05, 4.69) is 42.9 Å². The van der Waals surface area contributed by atoms with Crippen molar-refractivity contribution in [1.29, 1.82) is 0 Å². The highest BCUT2D eigenvalue weighted by Gasteiger charge is 2.23. The summed E-state index contributed by atoms with van der Waals surface area (Å²) in [4.78, 5) is 0. The molecule has 1 unspecified atom stereocenters. The second kappa shape index (κ2) is 6.82. The Bertz CT molecular complexity index is 386. The summed E-state index contributed by atoms with van der Waals surface area (Å²) in [5.74, 6) is 0.711. The molecule has 0 saturated carbocycles. The van der Waals surface area contributed by atoms with Gasteiger partial charge in [-0.05, 0) is 37.0 Å². The quantitative estimate of drug-likeness (QED) is 0.526. The molecule has 0 saturated heterocycles. The lowest BCUT2D eigenvalue weighted by molar-refractivity contribution is 0.589. The average Bonchev–Trinajstić information content (AvgIpc) is 2.92. The smallest absolute Gasteiger partial charge is 0.0293 e. The number of unbranched alkanes of at least 4 members (excludes halogenated alkanes) is 4. The van der Waals surface area contributed by atoms with Gasteiger partial charge in [0.2, 0.25) is 0 Å². The molecule has 0 aromatic carbocycles. The minimum Gasteiger partial charge on any atom is -0.327 e. The monoisotopic (exact) mass is 245 g/mol. The molecule has 0 amide bonds. The molecular weight excluding hydrogens is 218 g/mol. The number of hydrogen-bond acceptors (Lipinski definition) is 0. The van der Waals surface area contributed by atoms with Gasteiger partial charge in [0.15, 0.2) is 0 Å². The fourth-order valence-electron chi connectivity index (χ4n) is 3.03. The molecule has 0 aliphatic carbocycles. The lowest BCUT2D eigenvalue weighted by Gasteiger charge is -2.14. The highest BCUT2D eigenvalue weighted by Crippen LogP contribution is 2.38. The van der Waals surface area contributed by atoms with Crippen LogP contribution in [0.25, 0.3) is 6.20 Å². The minimum absolute atomic E-state index is 0.711. The van der Waals surface area contributed by atoms with Gasteiger partial charge in [0.05, 0.1) is 0 Å². The van der Waals surface area contributed by atoms with Crippen molar-refractivity contribution in [2.24, 2.45) is 0 Å². The number of nitrogens with zero attached hydrogens (tertiary/aromatic N) is 1. The molecule has 0 N–H and O–H groups in total. The fraction of sp³-hybridized carbons (Fsp3) is 0.647. The molecule has 1 heteroatoms. The first kappa shape index (κ1) is 13.5. The van der Waals surface area contributed by atoms with Crippen LogP contribution in [0.5, 0.6) is 0 Å². The standard InChI is InChI=1S/C17H27N/c1-3-5-7-10-15-14-18-13-9-12-17(18)16(15)11-8-6-4-2/h9,12-14,16H,3-8,10-11H2,1-2H3. The van der Waals surface area contributed by atoms with Crippen LogP contribution < -0.4 is 0 Å². The maximum atomic E-state index is 2.39. The molecule has 0 bridgehead atoms. The number of rotatable bonds is 8. The predicted molar refractivity (Wildman–Crippen MR) is 79.7 cm³/mol. The number of fused-ring (bicyclic) bond motifs is 1. The van der Waals surface area contributed by atoms with Crippen LogP contribution in [0.4, 0.5) is 0 Å². The number of hydrogen-bond donors (Lipinski definition) is 0. The van der Waals surface area contributed by atoms with Crippen molar-refractivity contribution in [1.82, 2.24) is 4.57 Å². The van der Waals surface area contributed by atoms with Crippen molar-refractivity contribution < 1.29 is 0 Å². The van der Waals surface area contributed by atoms with E-state index in [1.165, 1.54) is 57.1 Å². The van der Waals surface area contributed by atoms with Crippen LogP contribution in [0, 0.1) is 0 Å². The van der Waals surface area contributed by atoms with Gasteiger partial charge < -0.3 is 4.57 Å². The molecule has 1 atom stereocenters. The third-order valence-electron chi connectivity index (χ3n) is 4.09. The Balaban J connectivity index is 1.96. The molecule has 18 heavy (non-hydrogen) atoms. The lowest BCUT2D eigenvalue weighted by atomic mass is 9.89. The predicted octanol–water partition coefficient (Wildman–Crippen LogP) is 5.59. The normalized spacial score (nSPS) is 17.9. The maximum Gasteiger partial charge on any atom is 0.0293 e. The Hall–Kier alpha value is -0.980. The van der Waals surface area contributed by atoms with Crippen molar-refractivity contribution in [3.8, 4) is 0 Å². The second-order valence-electron chi connectivity index (χ2n) is 5.55. The molecule has 1 aliphatic rings. The van der Waals surface area contributed by atoms with Crippen molar-refractivity contribution in [3.63, 3.8) is 0 Å². The topological polar surface area (TPSA) is 4.93 Å². The van der Waals surface area contributed by atoms with Gasteiger partial charge >= 0.3 is 0 Å². The molecule has 1 nitrogen and oxygen atoms in total. The summed E-state index contributed by atoms with van der Waals surface area (Å²) in [7, 11) is 0. The summed E-state index contributed by atoms with van der Waals surface area (Å²) < 4.78 is 2.35. The van der Waals surface area contributed by atoms with Gasteiger partial charge in [-0.25, -0.2) is 0 Å². The van der Waals surface area contributed by atoms with Crippen LogP contribution in [0.1, 0.15) is 76.8 Å². The summed E-state index contributed by atoms with van der Waals surface area (Å²) in [5, 5.41) is 0. The van der Waals surface area contributed by atoms with Crippen LogP contribution in [-0.2, 0) is 0 Å². The van der Waals surface area contributed by atoms with E-state index in [1.807, 2.05) is 0 Å².